The highest BCUT2D eigenvalue weighted by atomic mass is 16.6. The Balaban J connectivity index is 2.42. The summed E-state index contributed by atoms with van der Waals surface area (Å²) in [5.41, 5.74) is -1.31. The van der Waals surface area contributed by atoms with E-state index in [0.717, 1.165) is 19.3 Å². The zero-order chi connectivity index (χ0) is 13.4. The standard InChI is InChI=1S/C14H23NO3/c1-2-3-4-5-6-8-11-14(15(17)18)12-9-7-10-13(14)16/h7,9-10,12-13,16H,2-6,8,11H2,1H3. The number of aliphatic hydroxyl groups excluding tert-OH is 1. The summed E-state index contributed by atoms with van der Waals surface area (Å²) in [4.78, 5) is 10.9. The molecule has 1 N–H and O–H groups in total. The van der Waals surface area contributed by atoms with Gasteiger partial charge in [0.2, 0.25) is 0 Å². The first-order chi connectivity index (χ1) is 8.63. The second-order valence-electron chi connectivity index (χ2n) is 4.95. The normalized spacial score (nSPS) is 26.4. The minimum absolute atomic E-state index is 0.344. The van der Waals surface area contributed by atoms with Crippen molar-refractivity contribution in [3.05, 3.63) is 34.4 Å². The molecule has 0 fully saturated rings. The molecule has 0 radical (unpaired) electrons. The van der Waals surface area contributed by atoms with Gasteiger partial charge >= 0.3 is 0 Å². The van der Waals surface area contributed by atoms with Crippen LogP contribution in [-0.2, 0) is 0 Å². The molecular weight excluding hydrogens is 230 g/mol. The van der Waals surface area contributed by atoms with Crippen molar-refractivity contribution in [3.63, 3.8) is 0 Å². The summed E-state index contributed by atoms with van der Waals surface area (Å²) in [6.45, 7) is 2.16. The third-order valence-corrected chi connectivity index (χ3v) is 3.57. The summed E-state index contributed by atoms with van der Waals surface area (Å²) in [6.07, 6.45) is 12.3. The van der Waals surface area contributed by atoms with E-state index in [-0.39, 0.29) is 4.92 Å². The summed E-state index contributed by atoms with van der Waals surface area (Å²) >= 11 is 0. The van der Waals surface area contributed by atoms with Crippen LogP contribution in [0.4, 0.5) is 0 Å². The van der Waals surface area contributed by atoms with Crippen molar-refractivity contribution in [2.45, 2.75) is 63.5 Å². The Hall–Kier alpha value is -1.16. The molecule has 0 heterocycles. The quantitative estimate of drug-likeness (QED) is 0.410. The lowest BCUT2D eigenvalue weighted by molar-refractivity contribution is -0.566. The fourth-order valence-electron chi connectivity index (χ4n) is 2.34. The van der Waals surface area contributed by atoms with Crippen LogP contribution < -0.4 is 0 Å². The van der Waals surface area contributed by atoms with Gasteiger partial charge in [-0.3, -0.25) is 10.1 Å². The van der Waals surface area contributed by atoms with Crippen molar-refractivity contribution in [2.75, 3.05) is 0 Å². The summed E-state index contributed by atoms with van der Waals surface area (Å²) in [7, 11) is 0. The van der Waals surface area contributed by atoms with Crippen LogP contribution in [0.2, 0.25) is 0 Å². The molecule has 0 amide bonds. The first-order valence-electron chi connectivity index (χ1n) is 6.82. The molecule has 1 aliphatic rings. The van der Waals surface area contributed by atoms with Gasteiger partial charge in [-0.1, -0.05) is 51.2 Å². The van der Waals surface area contributed by atoms with Gasteiger partial charge in [0.15, 0.2) is 0 Å². The minimum Gasteiger partial charge on any atom is -0.381 e. The van der Waals surface area contributed by atoms with E-state index in [1.165, 1.54) is 31.4 Å². The lowest BCUT2D eigenvalue weighted by Crippen LogP contribution is -2.47. The second-order valence-corrected chi connectivity index (χ2v) is 4.95. The maximum atomic E-state index is 11.2. The van der Waals surface area contributed by atoms with Crippen LogP contribution in [0.3, 0.4) is 0 Å². The number of rotatable bonds is 8. The van der Waals surface area contributed by atoms with Crippen LogP contribution in [0.15, 0.2) is 24.3 Å². The van der Waals surface area contributed by atoms with E-state index in [1.54, 1.807) is 12.2 Å². The first kappa shape index (κ1) is 14.9. The maximum absolute atomic E-state index is 11.2. The Bertz CT molecular complexity index is 325. The molecular formula is C14H23NO3. The zero-order valence-corrected chi connectivity index (χ0v) is 11.0. The highest BCUT2D eigenvalue weighted by Gasteiger charge is 2.46. The summed E-state index contributed by atoms with van der Waals surface area (Å²) in [5.74, 6) is 0. The van der Waals surface area contributed by atoms with Gasteiger partial charge in [0.05, 0.1) is 0 Å². The molecule has 2 unspecified atom stereocenters. The molecule has 4 heteroatoms. The molecule has 0 aliphatic heterocycles. The van der Waals surface area contributed by atoms with Crippen LogP contribution in [0.1, 0.15) is 51.9 Å². The third kappa shape index (κ3) is 3.67. The van der Waals surface area contributed by atoms with Crippen molar-refractivity contribution in [1.29, 1.82) is 0 Å². The number of hydrogen-bond donors (Lipinski definition) is 1. The largest absolute Gasteiger partial charge is 0.381 e. The van der Waals surface area contributed by atoms with E-state index in [2.05, 4.69) is 6.92 Å². The molecule has 0 saturated carbocycles. The van der Waals surface area contributed by atoms with E-state index in [9.17, 15) is 15.2 Å². The average molecular weight is 253 g/mol. The van der Waals surface area contributed by atoms with Gasteiger partial charge in [-0.05, 0) is 18.6 Å². The summed E-state index contributed by atoms with van der Waals surface area (Å²) in [5, 5.41) is 21.1. The molecule has 0 saturated heterocycles. The molecule has 0 aromatic heterocycles. The highest BCUT2D eigenvalue weighted by molar-refractivity contribution is 5.22. The number of nitro groups is 1. The van der Waals surface area contributed by atoms with Crippen LogP contribution in [-0.4, -0.2) is 21.7 Å². The van der Waals surface area contributed by atoms with Gasteiger partial charge in [-0.2, -0.15) is 0 Å². The molecule has 0 aromatic rings. The van der Waals surface area contributed by atoms with E-state index in [0.29, 0.717) is 6.42 Å². The maximum Gasteiger partial charge on any atom is 0.269 e. The number of nitrogens with zero attached hydrogens (tertiary/aromatic N) is 1. The summed E-state index contributed by atoms with van der Waals surface area (Å²) in [6, 6.07) is 0. The SMILES string of the molecule is CCCCCCCCC1([N+](=O)[O-])C=CC=CC1O. The van der Waals surface area contributed by atoms with E-state index in [1.807, 2.05) is 0 Å². The van der Waals surface area contributed by atoms with Crippen molar-refractivity contribution in [3.8, 4) is 0 Å². The molecule has 2 atom stereocenters. The Morgan fingerprint density at radius 3 is 2.50 bits per heavy atom. The Labute approximate surface area is 109 Å². The monoisotopic (exact) mass is 253 g/mol. The van der Waals surface area contributed by atoms with Crippen molar-refractivity contribution in [1.82, 2.24) is 0 Å². The van der Waals surface area contributed by atoms with Gasteiger partial charge in [-0.15, -0.1) is 0 Å². The smallest absolute Gasteiger partial charge is 0.269 e. The molecule has 0 bridgehead atoms. The lowest BCUT2D eigenvalue weighted by atomic mass is 9.84. The Morgan fingerprint density at radius 2 is 1.89 bits per heavy atom. The molecule has 102 valence electrons. The highest BCUT2D eigenvalue weighted by Crippen LogP contribution is 2.28. The number of aliphatic hydroxyl groups is 1. The van der Waals surface area contributed by atoms with Crippen molar-refractivity contribution in [2.24, 2.45) is 0 Å². The predicted molar refractivity (Wildman–Crippen MR) is 72.0 cm³/mol. The summed E-state index contributed by atoms with van der Waals surface area (Å²) < 4.78 is 0. The fourth-order valence-corrected chi connectivity index (χ4v) is 2.34. The average Bonchev–Trinajstić information content (AvgIpc) is 2.35. The molecule has 0 aromatic carbocycles. The van der Waals surface area contributed by atoms with E-state index in [4.69, 9.17) is 0 Å². The van der Waals surface area contributed by atoms with Gasteiger partial charge < -0.3 is 5.11 Å². The van der Waals surface area contributed by atoms with Crippen LogP contribution in [0.5, 0.6) is 0 Å². The number of unbranched alkanes of at least 4 members (excludes halogenated alkanes) is 5. The first-order valence-corrected chi connectivity index (χ1v) is 6.82. The second kappa shape index (κ2) is 7.31. The lowest BCUT2D eigenvalue weighted by Gasteiger charge is -2.27. The number of hydrogen-bond acceptors (Lipinski definition) is 3. The Kier molecular flexibility index (Phi) is 6.05. The molecule has 1 rings (SSSR count). The van der Waals surface area contributed by atoms with Crippen LogP contribution in [0, 0.1) is 10.1 Å². The van der Waals surface area contributed by atoms with E-state index < -0.39 is 11.6 Å². The molecule has 0 spiro atoms. The van der Waals surface area contributed by atoms with Gasteiger partial charge in [0.1, 0.15) is 6.10 Å². The Morgan fingerprint density at radius 1 is 1.22 bits per heavy atom. The number of allylic oxidation sites excluding steroid dienone is 2. The predicted octanol–water partition coefficient (Wildman–Crippen LogP) is 3.24. The van der Waals surface area contributed by atoms with E-state index >= 15 is 0 Å². The van der Waals surface area contributed by atoms with Crippen LogP contribution in [0.25, 0.3) is 0 Å². The van der Waals surface area contributed by atoms with Gasteiger partial charge in [-0.25, -0.2) is 0 Å². The third-order valence-electron chi connectivity index (χ3n) is 3.57. The van der Waals surface area contributed by atoms with Crippen molar-refractivity contribution >= 4 is 0 Å². The molecule has 4 nitrogen and oxygen atoms in total. The van der Waals surface area contributed by atoms with Gasteiger partial charge in [0, 0.05) is 11.3 Å². The van der Waals surface area contributed by atoms with Gasteiger partial charge in [0.25, 0.3) is 5.54 Å². The fraction of sp³-hybridized carbons (Fsp3) is 0.714. The van der Waals surface area contributed by atoms with Crippen LogP contribution >= 0.6 is 0 Å². The topological polar surface area (TPSA) is 63.4 Å². The molecule has 18 heavy (non-hydrogen) atoms. The van der Waals surface area contributed by atoms with Crippen molar-refractivity contribution < 1.29 is 10.0 Å². The molecule has 1 aliphatic carbocycles. The zero-order valence-electron chi connectivity index (χ0n) is 11.0. The minimum atomic E-state index is -1.31.